The summed E-state index contributed by atoms with van der Waals surface area (Å²) in [5.74, 6) is -0.547. The van der Waals surface area contributed by atoms with Crippen LogP contribution in [0.1, 0.15) is 43.2 Å². The van der Waals surface area contributed by atoms with Gasteiger partial charge in [0.2, 0.25) is 21.8 Å². The zero-order valence-electron chi connectivity index (χ0n) is 24.3. The van der Waals surface area contributed by atoms with Crippen LogP contribution in [0.4, 0.5) is 5.69 Å². The number of anilines is 1. The summed E-state index contributed by atoms with van der Waals surface area (Å²) in [5, 5.41) is 3.49. The molecule has 230 valence electrons. The summed E-state index contributed by atoms with van der Waals surface area (Å²) in [7, 11) is -2.55. The minimum Gasteiger partial charge on any atom is -0.495 e. The summed E-state index contributed by atoms with van der Waals surface area (Å²) in [6.07, 6.45) is 6.29. The number of nitrogens with one attached hydrogen (secondary N) is 1. The average molecular weight is 691 g/mol. The Balaban J connectivity index is 1.75. The van der Waals surface area contributed by atoms with E-state index >= 15 is 0 Å². The van der Waals surface area contributed by atoms with Crippen LogP contribution in [0.5, 0.6) is 5.75 Å². The average Bonchev–Trinajstić information content (AvgIpc) is 2.98. The lowest BCUT2D eigenvalue weighted by Gasteiger charge is -2.35. The first-order valence-corrected chi connectivity index (χ1v) is 17.3. The molecule has 0 saturated heterocycles. The number of rotatable bonds is 12. The molecular weight excluding hydrogens is 654 g/mol. The molecule has 2 amide bonds. The Bertz CT molecular complexity index is 1520. The van der Waals surface area contributed by atoms with Crippen LogP contribution in [0.15, 0.2) is 77.3 Å². The number of benzene rings is 3. The van der Waals surface area contributed by atoms with E-state index in [-0.39, 0.29) is 41.4 Å². The third-order valence-corrected chi connectivity index (χ3v) is 9.41. The molecule has 0 aromatic heterocycles. The van der Waals surface area contributed by atoms with E-state index in [1.165, 1.54) is 18.1 Å². The number of hydrogen-bond acceptors (Lipinski definition) is 5. The maximum absolute atomic E-state index is 14.3. The minimum absolute atomic E-state index is 0.0329. The number of sulfonamides is 1. The molecule has 43 heavy (non-hydrogen) atoms. The highest BCUT2D eigenvalue weighted by atomic mass is 79.9. The molecule has 1 fully saturated rings. The first kappa shape index (κ1) is 32.8. The van der Waals surface area contributed by atoms with Crippen LogP contribution in [0.25, 0.3) is 0 Å². The quantitative estimate of drug-likeness (QED) is 0.253. The highest BCUT2D eigenvalue weighted by Crippen LogP contribution is 2.33. The molecule has 8 nitrogen and oxygen atoms in total. The molecule has 11 heteroatoms. The molecule has 0 bridgehead atoms. The third kappa shape index (κ3) is 9.20. The lowest BCUT2D eigenvalue weighted by molar-refractivity contribution is -0.140. The van der Waals surface area contributed by atoms with Crippen LogP contribution in [0, 0.1) is 0 Å². The Hall–Kier alpha value is -3.08. The molecule has 1 aliphatic carbocycles. The standard InChI is InChI=1S/C32H37BrClN3O5S/c1-42-30-17-16-26(34)20-28(30)37(43(2,40)41)22-31(38)36(21-24-12-9-13-25(33)18-24)29(19-23-10-5-3-6-11-23)32(39)35-27-14-7-4-8-15-27/h3,5-6,9-13,16-18,20,27,29H,4,7-8,14-15,19,21-22H2,1-2H3,(H,35,39)/t29-/m0/s1. The fraction of sp³-hybridized carbons (Fsp3) is 0.375. The fourth-order valence-corrected chi connectivity index (χ4v) is 6.84. The van der Waals surface area contributed by atoms with Gasteiger partial charge in [-0.2, -0.15) is 0 Å². The summed E-state index contributed by atoms with van der Waals surface area (Å²) < 4.78 is 33.4. The van der Waals surface area contributed by atoms with E-state index in [0.717, 1.165) is 58.3 Å². The van der Waals surface area contributed by atoms with Crippen LogP contribution in [0.2, 0.25) is 5.02 Å². The Kier molecular flexibility index (Phi) is 11.5. The van der Waals surface area contributed by atoms with E-state index in [9.17, 15) is 18.0 Å². The maximum atomic E-state index is 14.3. The molecule has 1 aliphatic rings. The zero-order valence-corrected chi connectivity index (χ0v) is 27.5. The molecule has 4 rings (SSSR count). The van der Waals surface area contributed by atoms with E-state index in [0.29, 0.717) is 0 Å². The number of methoxy groups -OCH3 is 1. The number of carbonyl (C=O) groups is 2. The van der Waals surface area contributed by atoms with Gasteiger partial charge in [0, 0.05) is 28.5 Å². The Morgan fingerprint density at radius 1 is 1.00 bits per heavy atom. The van der Waals surface area contributed by atoms with Crippen molar-refractivity contribution >= 4 is 55.1 Å². The van der Waals surface area contributed by atoms with Crippen molar-refractivity contribution in [3.63, 3.8) is 0 Å². The summed E-state index contributed by atoms with van der Waals surface area (Å²) in [6.45, 7) is -0.455. The monoisotopic (exact) mass is 689 g/mol. The van der Waals surface area contributed by atoms with Crippen LogP contribution in [-0.4, -0.2) is 57.1 Å². The summed E-state index contributed by atoms with van der Waals surface area (Å²) >= 11 is 9.73. The lowest BCUT2D eigenvalue weighted by Crippen LogP contribution is -2.55. The highest BCUT2D eigenvalue weighted by Gasteiger charge is 2.34. The normalized spacial score (nSPS) is 14.5. The van der Waals surface area contributed by atoms with Gasteiger partial charge in [0.1, 0.15) is 18.3 Å². The molecule has 0 spiro atoms. The molecule has 1 N–H and O–H groups in total. The fourth-order valence-electron chi connectivity index (χ4n) is 5.38. The molecule has 0 unspecified atom stereocenters. The van der Waals surface area contributed by atoms with Gasteiger partial charge in [-0.1, -0.05) is 89.3 Å². The zero-order chi connectivity index (χ0) is 31.0. The molecular formula is C32H37BrClN3O5S. The van der Waals surface area contributed by atoms with Crippen molar-refractivity contribution in [3.05, 3.63) is 93.4 Å². The second kappa shape index (κ2) is 15.1. The van der Waals surface area contributed by atoms with Crippen LogP contribution >= 0.6 is 27.5 Å². The van der Waals surface area contributed by atoms with Crippen molar-refractivity contribution in [2.24, 2.45) is 0 Å². The Morgan fingerprint density at radius 2 is 1.70 bits per heavy atom. The van der Waals surface area contributed by atoms with E-state index in [4.69, 9.17) is 16.3 Å². The molecule has 1 atom stereocenters. The number of carbonyl (C=O) groups excluding carboxylic acids is 2. The molecule has 0 radical (unpaired) electrons. The predicted molar refractivity (Wildman–Crippen MR) is 174 cm³/mol. The van der Waals surface area contributed by atoms with Gasteiger partial charge in [-0.25, -0.2) is 8.42 Å². The van der Waals surface area contributed by atoms with E-state index in [2.05, 4.69) is 21.2 Å². The van der Waals surface area contributed by atoms with Crippen molar-refractivity contribution < 1.29 is 22.7 Å². The SMILES string of the molecule is COc1ccc(Cl)cc1N(CC(=O)N(Cc1cccc(Br)c1)[C@@H](Cc1ccccc1)C(=O)NC1CCCCC1)S(C)(=O)=O. The van der Waals surface area contributed by atoms with Crippen molar-refractivity contribution in [1.29, 1.82) is 0 Å². The molecule has 3 aromatic rings. The maximum Gasteiger partial charge on any atom is 0.244 e. The molecule has 0 aliphatic heterocycles. The van der Waals surface area contributed by atoms with Crippen LogP contribution < -0.4 is 14.4 Å². The first-order chi connectivity index (χ1) is 20.5. The number of amides is 2. The Morgan fingerprint density at radius 3 is 2.35 bits per heavy atom. The first-order valence-electron chi connectivity index (χ1n) is 14.2. The summed E-state index contributed by atoms with van der Waals surface area (Å²) in [6, 6.07) is 20.7. The minimum atomic E-state index is -3.96. The van der Waals surface area contributed by atoms with Crippen molar-refractivity contribution in [2.75, 3.05) is 24.2 Å². The second-order valence-corrected chi connectivity index (χ2v) is 14.0. The van der Waals surface area contributed by atoms with E-state index < -0.39 is 28.5 Å². The van der Waals surface area contributed by atoms with Crippen LogP contribution in [0.3, 0.4) is 0 Å². The van der Waals surface area contributed by atoms with Crippen LogP contribution in [-0.2, 0) is 32.6 Å². The van der Waals surface area contributed by atoms with Gasteiger partial charge in [-0.3, -0.25) is 13.9 Å². The number of ether oxygens (including phenoxy) is 1. The number of nitrogens with zero attached hydrogens (tertiary/aromatic N) is 2. The Labute approximate surface area is 267 Å². The number of hydrogen-bond donors (Lipinski definition) is 1. The van der Waals surface area contributed by atoms with E-state index in [1.54, 1.807) is 12.1 Å². The van der Waals surface area contributed by atoms with Crippen molar-refractivity contribution in [1.82, 2.24) is 10.2 Å². The third-order valence-electron chi connectivity index (χ3n) is 7.55. The van der Waals surface area contributed by atoms with Gasteiger partial charge >= 0.3 is 0 Å². The topological polar surface area (TPSA) is 96.0 Å². The van der Waals surface area contributed by atoms with Gasteiger partial charge in [-0.15, -0.1) is 0 Å². The summed E-state index contributed by atoms with van der Waals surface area (Å²) in [5.41, 5.74) is 1.81. The lowest BCUT2D eigenvalue weighted by atomic mass is 9.94. The van der Waals surface area contributed by atoms with E-state index in [1.807, 2.05) is 54.6 Å². The van der Waals surface area contributed by atoms with Gasteiger partial charge in [0.05, 0.1) is 19.1 Å². The van der Waals surface area contributed by atoms with Gasteiger partial charge in [0.25, 0.3) is 0 Å². The summed E-state index contributed by atoms with van der Waals surface area (Å²) in [4.78, 5) is 29.9. The molecule has 1 saturated carbocycles. The second-order valence-electron chi connectivity index (χ2n) is 10.8. The molecule has 0 heterocycles. The van der Waals surface area contributed by atoms with Crippen molar-refractivity contribution in [2.45, 2.75) is 57.2 Å². The van der Waals surface area contributed by atoms with Gasteiger partial charge < -0.3 is 15.0 Å². The van der Waals surface area contributed by atoms with Gasteiger partial charge in [0.15, 0.2) is 0 Å². The van der Waals surface area contributed by atoms with Crippen molar-refractivity contribution in [3.8, 4) is 5.75 Å². The molecule has 3 aromatic carbocycles. The number of halogens is 2. The van der Waals surface area contributed by atoms with Gasteiger partial charge in [-0.05, 0) is 54.3 Å². The highest BCUT2D eigenvalue weighted by molar-refractivity contribution is 9.10. The largest absolute Gasteiger partial charge is 0.495 e. The predicted octanol–water partition coefficient (Wildman–Crippen LogP) is 5.97. The smallest absolute Gasteiger partial charge is 0.244 e.